The third kappa shape index (κ3) is 2.69. The third-order valence-electron chi connectivity index (χ3n) is 1.97. The van der Waals surface area contributed by atoms with Crippen LogP contribution in [0.3, 0.4) is 0 Å². The van der Waals surface area contributed by atoms with E-state index in [1.54, 1.807) is 6.07 Å². The van der Waals surface area contributed by atoms with Gasteiger partial charge in [-0.1, -0.05) is 6.07 Å². The van der Waals surface area contributed by atoms with E-state index in [1.807, 2.05) is 0 Å². The first-order chi connectivity index (χ1) is 8.11. The van der Waals surface area contributed by atoms with Crippen LogP contribution in [0.15, 0.2) is 18.2 Å². The summed E-state index contributed by atoms with van der Waals surface area (Å²) < 4.78 is 4.85. The fourth-order valence-electron chi connectivity index (χ4n) is 1.28. The van der Waals surface area contributed by atoms with Crippen molar-refractivity contribution in [3.63, 3.8) is 0 Å². The summed E-state index contributed by atoms with van der Waals surface area (Å²) in [6.07, 6.45) is 0. The van der Waals surface area contributed by atoms with Gasteiger partial charge < -0.3 is 10.1 Å². The maximum absolute atomic E-state index is 11.6. The minimum atomic E-state index is -0.639. The van der Waals surface area contributed by atoms with Crippen molar-refractivity contribution >= 4 is 11.6 Å². The van der Waals surface area contributed by atoms with Crippen LogP contribution in [-0.4, -0.2) is 24.5 Å². The molecule has 0 aliphatic rings. The van der Waals surface area contributed by atoms with Gasteiger partial charge in [-0.2, -0.15) is 5.26 Å². The monoisotopic (exact) mass is 235 g/mol. The number of hydrogen-bond acceptors (Lipinski definition) is 5. The number of methoxy groups -OCH3 is 1. The van der Waals surface area contributed by atoms with Crippen molar-refractivity contribution in [3.05, 3.63) is 33.9 Å². The summed E-state index contributed by atoms with van der Waals surface area (Å²) >= 11 is 0. The van der Waals surface area contributed by atoms with E-state index in [4.69, 9.17) is 10.00 Å². The van der Waals surface area contributed by atoms with Gasteiger partial charge in [0.15, 0.2) is 0 Å². The fourth-order valence-corrected chi connectivity index (χ4v) is 1.28. The Labute approximate surface area is 96.8 Å². The van der Waals surface area contributed by atoms with Gasteiger partial charge in [0.2, 0.25) is 5.75 Å². The summed E-state index contributed by atoms with van der Waals surface area (Å²) in [5, 5.41) is 21.3. The molecule has 0 heterocycles. The van der Waals surface area contributed by atoms with E-state index in [0.29, 0.717) is 0 Å². The Balaban J connectivity index is 3.16. The Kier molecular flexibility index (Phi) is 4.00. The van der Waals surface area contributed by atoms with Gasteiger partial charge in [-0.05, 0) is 6.07 Å². The van der Waals surface area contributed by atoms with Crippen molar-refractivity contribution in [3.8, 4) is 11.8 Å². The van der Waals surface area contributed by atoms with Gasteiger partial charge in [0, 0.05) is 6.07 Å². The quantitative estimate of drug-likeness (QED) is 0.473. The number of ether oxygens (including phenoxy) is 1. The predicted octanol–water partition coefficient (Wildman–Crippen LogP) is 0.857. The zero-order valence-corrected chi connectivity index (χ0v) is 8.97. The maximum Gasteiger partial charge on any atom is 0.311 e. The summed E-state index contributed by atoms with van der Waals surface area (Å²) in [5.74, 6) is -0.708. The molecule has 1 aromatic carbocycles. The highest BCUT2D eigenvalue weighted by atomic mass is 16.6. The minimum Gasteiger partial charge on any atom is -0.490 e. The molecule has 0 saturated carbocycles. The number of nitrogens with one attached hydrogen (secondary N) is 1. The Morgan fingerprint density at radius 2 is 2.35 bits per heavy atom. The number of carbonyl (C=O) groups excluding carboxylic acids is 1. The summed E-state index contributed by atoms with van der Waals surface area (Å²) in [5.41, 5.74) is -0.269. The molecule has 0 atom stereocenters. The first-order valence-electron chi connectivity index (χ1n) is 4.58. The fraction of sp³-hybridized carbons (Fsp3) is 0.200. The van der Waals surface area contributed by atoms with Crippen LogP contribution >= 0.6 is 0 Å². The van der Waals surface area contributed by atoms with E-state index in [-0.39, 0.29) is 23.5 Å². The van der Waals surface area contributed by atoms with Crippen LogP contribution in [0.1, 0.15) is 10.4 Å². The topological polar surface area (TPSA) is 105 Å². The maximum atomic E-state index is 11.6. The Bertz CT molecular complexity index is 493. The third-order valence-corrected chi connectivity index (χ3v) is 1.97. The number of para-hydroxylation sites is 1. The lowest BCUT2D eigenvalue weighted by molar-refractivity contribution is -0.385. The molecular formula is C10H9N3O4. The van der Waals surface area contributed by atoms with Crippen molar-refractivity contribution in [2.45, 2.75) is 0 Å². The zero-order chi connectivity index (χ0) is 12.8. The van der Waals surface area contributed by atoms with Gasteiger partial charge in [-0.25, -0.2) is 0 Å². The first-order valence-corrected chi connectivity index (χ1v) is 4.58. The molecule has 0 saturated heterocycles. The van der Waals surface area contributed by atoms with Crippen molar-refractivity contribution < 1.29 is 14.5 Å². The number of nitro groups is 1. The highest BCUT2D eigenvalue weighted by molar-refractivity contribution is 5.98. The molecule has 1 N–H and O–H groups in total. The zero-order valence-electron chi connectivity index (χ0n) is 8.97. The lowest BCUT2D eigenvalue weighted by atomic mass is 10.1. The minimum absolute atomic E-state index is 0.0250. The summed E-state index contributed by atoms with van der Waals surface area (Å²) in [4.78, 5) is 21.7. The van der Waals surface area contributed by atoms with Crippen LogP contribution in [0.5, 0.6) is 5.75 Å². The number of nitriles is 1. The molecule has 7 nitrogen and oxygen atoms in total. The SMILES string of the molecule is COc1c(C(=O)NCC#N)cccc1[N+](=O)[O-]. The number of hydrogen-bond donors (Lipinski definition) is 1. The average Bonchev–Trinajstić information content (AvgIpc) is 2.34. The smallest absolute Gasteiger partial charge is 0.311 e. The van der Waals surface area contributed by atoms with Crippen molar-refractivity contribution in [2.24, 2.45) is 0 Å². The molecule has 88 valence electrons. The molecule has 1 rings (SSSR count). The highest BCUT2D eigenvalue weighted by Gasteiger charge is 2.21. The lowest BCUT2D eigenvalue weighted by Gasteiger charge is -2.07. The predicted molar refractivity (Wildman–Crippen MR) is 57.6 cm³/mol. The molecule has 0 aliphatic carbocycles. The normalized spacial score (nSPS) is 9.18. The second kappa shape index (κ2) is 5.46. The van der Waals surface area contributed by atoms with E-state index < -0.39 is 10.8 Å². The van der Waals surface area contributed by atoms with Crippen LogP contribution < -0.4 is 10.1 Å². The molecule has 1 amide bonds. The molecule has 0 spiro atoms. The molecule has 0 fully saturated rings. The number of rotatable bonds is 4. The Morgan fingerprint density at radius 1 is 1.65 bits per heavy atom. The van der Waals surface area contributed by atoms with E-state index in [0.717, 1.165) is 0 Å². The molecule has 17 heavy (non-hydrogen) atoms. The lowest BCUT2D eigenvalue weighted by Crippen LogP contribution is -2.24. The molecule has 0 bridgehead atoms. The van der Waals surface area contributed by atoms with Crippen LogP contribution in [0.25, 0.3) is 0 Å². The number of carbonyl (C=O) groups is 1. The van der Waals surface area contributed by atoms with Crippen molar-refractivity contribution in [1.82, 2.24) is 5.32 Å². The van der Waals surface area contributed by atoms with Gasteiger partial charge >= 0.3 is 5.69 Å². The Hall–Kier alpha value is -2.62. The standard InChI is InChI=1S/C10H9N3O4/c1-17-9-7(10(14)12-6-5-11)3-2-4-8(9)13(15)16/h2-4H,6H2,1H3,(H,12,14). The molecule has 1 aromatic rings. The second-order valence-electron chi connectivity index (χ2n) is 2.96. The average molecular weight is 235 g/mol. The van der Waals surface area contributed by atoms with Crippen LogP contribution in [0, 0.1) is 21.4 Å². The van der Waals surface area contributed by atoms with Crippen molar-refractivity contribution in [1.29, 1.82) is 5.26 Å². The van der Waals surface area contributed by atoms with Crippen LogP contribution in [0.2, 0.25) is 0 Å². The van der Waals surface area contributed by atoms with Gasteiger partial charge in [0.25, 0.3) is 5.91 Å². The van der Waals surface area contributed by atoms with E-state index >= 15 is 0 Å². The second-order valence-corrected chi connectivity index (χ2v) is 2.96. The van der Waals surface area contributed by atoms with Crippen LogP contribution in [0.4, 0.5) is 5.69 Å². The van der Waals surface area contributed by atoms with Crippen molar-refractivity contribution in [2.75, 3.05) is 13.7 Å². The van der Waals surface area contributed by atoms with Gasteiger partial charge in [-0.15, -0.1) is 0 Å². The number of nitrogens with zero attached hydrogens (tertiary/aromatic N) is 2. The summed E-state index contributed by atoms with van der Waals surface area (Å²) in [6, 6.07) is 5.74. The molecule has 0 aliphatic heterocycles. The number of nitro benzene ring substituents is 1. The molecule has 0 radical (unpaired) electrons. The first kappa shape index (κ1) is 12.4. The summed E-state index contributed by atoms with van der Waals surface area (Å²) in [7, 11) is 1.24. The molecule has 7 heteroatoms. The molecular weight excluding hydrogens is 226 g/mol. The van der Waals surface area contributed by atoms with Gasteiger partial charge in [-0.3, -0.25) is 14.9 Å². The molecule has 0 aromatic heterocycles. The van der Waals surface area contributed by atoms with Gasteiger partial charge in [0.1, 0.15) is 6.54 Å². The van der Waals surface area contributed by atoms with Crippen LogP contribution in [-0.2, 0) is 0 Å². The van der Waals surface area contributed by atoms with E-state index in [1.165, 1.54) is 25.3 Å². The summed E-state index contributed by atoms with van der Waals surface area (Å²) in [6.45, 7) is -0.176. The number of amides is 1. The number of benzene rings is 1. The van der Waals surface area contributed by atoms with Gasteiger partial charge in [0.05, 0.1) is 23.7 Å². The highest BCUT2D eigenvalue weighted by Crippen LogP contribution is 2.30. The largest absolute Gasteiger partial charge is 0.490 e. The van der Waals surface area contributed by atoms with E-state index in [9.17, 15) is 14.9 Å². The molecule has 0 unspecified atom stereocenters. The van der Waals surface area contributed by atoms with E-state index in [2.05, 4.69) is 5.32 Å². The Morgan fingerprint density at radius 3 is 2.88 bits per heavy atom.